The van der Waals surface area contributed by atoms with Crippen molar-refractivity contribution in [2.24, 2.45) is 5.73 Å². The van der Waals surface area contributed by atoms with Gasteiger partial charge >= 0.3 is 0 Å². The summed E-state index contributed by atoms with van der Waals surface area (Å²) < 4.78 is 19.7. The summed E-state index contributed by atoms with van der Waals surface area (Å²) in [5.41, 5.74) is 6.86. The van der Waals surface area contributed by atoms with Crippen molar-refractivity contribution in [2.75, 3.05) is 0 Å². The van der Waals surface area contributed by atoms with E-state index in [1.165, 1.54) is 12.1 Å². The van der Waals surface area contributed by atoms with Gasteiger partial charge in [0, 0.05) is 11.1 Å². The van der Waals surface area contributed by atoms with E-state index < -0.39 is 0 Å². The second kappa shape index (κ2) is 6.12. The molecule has 2 aromatic carbocycles. The predicted molar refractivity (Wildman–Crippen MR) is 80.8 cm³/mol. The molecule has 19 heavy (non-hydrogen) atoms. The molecule has 98 valence electrons. The van der Waals surface area contributed by atoms with Gasteiger partial charge in [-0.3, -0.25) is 0 Å². The fourth-order valence-electron chi connectivity index (χ4n) is 1.64. The van der Waals surface area contributed by atoms with Gasteiger partial charge in [-0.15, -0.1) is 0 Å². The summed E-state index contributed by atoms with van der Waals surface area (Å²) in [4.78, 5) is 0.228. The number of halogens is 2. The lowest BCUT2D eigenvalue weighted by Crippen LogP contribution is -2.13. The summed E-state index contributed by atoms with van der Waals surface area (Å²) in [5, 5.41) is 0. The van der Waals surface area contributed by atoms with Gasteiger partial charge in [0.2, 0.25) is 0 Å². The van der Waals surface area contributed by atoms with Crippen molar-refractivity contribution in [1.82, 2.24) is 0 Å². The van der Waals surface area contributed by atoms with E-state index in [0.29, 0.717) is 16.9 Å². The maximum atomic E-state index is 13.3. The standard InChI is InChI=1S/C14H11BrFNOS/c15-12-3-1-2-4-13(12)18-8-9-7-10(16)5-6-11(9)14(17)19/h1-7H,8H2,(H2,17,19). The van der Waals surface area contributed by atoms with Crippen LogP contribution in [-0.4, -0.2) is 4.99 Å². The minimum atomic E-state index is -0.342. The van der Waals surface area contributed by atoms with Crippen LogP contribution in [0, 0.1) is 5.82 Å². The van der Waals surface area contributed by atoms with Crippen molar-refractivity contribution in [1.29, 1.82) is 0 Å². The van der Waals surface area contributed by atoms with Crippen molar-refractivity contribution in [3.05, 3.63) is 63.9 Å². The minimum Gasteiger partial charge on any atom is -0.488 e. The molecule has 0 aliphatic rings. The molecule has 0 aliphatic heterocycles. The highest BCUT2D eigenvalue weighted by atomic mass is 79.9. The Balaban J connectivity index is 2.22. The Morgan fingerprint density at radius 1 is 1.26 bits per heavy atom. The van der Waals surface area contributed by atoms with E-state index in [2.05, 4.69) is 15.9 Å². The van der Waals surface area contributed by atoms with E-state index >= 15 is 0 Å². The zero-order chi connectivity index (χ0) is 13.8. The average molecular weight is 340 g/mol. The topological polar surface area (TPSA) is 35.2 Å². The third-order valence-corrected chi connectivity index (χ3v) is 3.43. The van der Waals surface area contributed by atoms with Gasteiger partial charge in [0.15, 0.2) is 0 Å². The molecule has 0 saturated heterocycles. The normalized spacial score (nSPS) is 10.2. The summed E-state index contributed by atoms with van der Waals surface area (Å²) in [7, 11) is 0. The van der Waals surface area contributed by atoms with Gasteiger partial charge in [0.25, 0.3) is 0 Å². The zero-order valence-corrected chi connectivity index (χ0v) is 12.3. The number of hydrogen-bond acceptors (Lipinski definition) is 2. The Bertz CT molecular complexity index is 618. The van der Waals surface area contributed by atoms with E-state index in [1.807, 2.05) is 24.3 Å². The maximum absolute atomic E-state index is 13.3. The smallest absolute Gasteiger partial charge is 0.133 e. The lowest BCUT2D eigenvalue weighted by Gasteiger charge is -2.11. The van der Waals surface area contributed by atoms with Crippen molar-refractivity contribution in [3.8, 4) is 5.75 Å². The van der Waals surface area contributed by atoms with Crippen LogP contribution < -0.4 is 10.5 Å². The summed E-state index contributed by atoms with van der Waals surface area (Å²) in [5.74, 6) is 0.339. The Labute approximate surface area is 124 Å². The third-order valence-electron chi connectivity index (χ3n) is 2.55. The molecular formula is C14H11BrFNOS. The second-order valence-corrected chi connectivity index (χ2v) is 5.18. The van der Waals surface area contributed by atoms with Crippen molar-refractivity contribution in [3.63, 3.8) is 0 Å². The van der Waals surface area contributed by atoms with E-state index in [0.717, 1.165) is 4.47 Å². The SMILES string of the molecule is NC(=S)c1ccc(F)cc1COc1ccccc1Br. The number of thiocarbonyl (C=S) groups is 1. The lowest BCUT2D eigenvalue weighted by molar-refractivity contribution is 0.303. The van der Waals surface area contributed by atoms with Crippen LogP contribution in [0.3, 0.4) is 0 Å². The highest BCUT2D eigenvalue weighted by Gasteiger charge is 2.08. The summed E-state index contributed by atoms with van der Waals surface area (Å²) >= 11 is 8.32. The molecular weight excluding hydrogens is 329 g/mol. The summed E-state index contributed by atoms with van der Waals surface area (Å²) in [6.45, 7) is 0.201. The van der Waals surface area contributed by atoms with E-state index in [-0.39, 0.29) is 17.4 Å². The summed E-state index contributed by atoms with van der Waals surface area (Å²) in [6.07, 6.45) is 0. The van der Waals surface area contributed by atoms with Gasteiger partial charge in [0.1, 0.15) is 23.2 Å². The number of hydrogen-bond donors (Lipinski definition) is 1. The first-order valence-electron chi connectivity index (χ1n) is 5.53. The first-order chi connectivity index (χ1) is 9.08. The van der Waals surface area contributed by atoms with Crippen LogP contribution in [0.5, 0.6) is 5.75 Å². The zero-order valence-electron chi connectivity index (χ0n) is 9.90. The molecule has 2 nitrogen and oxygen atoms in total. The van der Waals surface area contributed by atoms with Gasteiger partial charge in [0.05, 0.1) is 4.47 Å². The number of ether oxygens (including phenoxy) is 1. The average Bonchev–Trinajstić information content (AvgIpc) is 2.37. The van der Waals surface area contributed by atoms with Crippen LogP contribution >= 0.6 is 28.1 Å². The van der Waals surface area contributed by atoms with Crippen molar-refractivity contribution in [2.45, 2.75) is 6.61 Å². The van der Waals surface area contributed by atoms with Gasteiger partial charge in [-0.1, -0.05) is 24.4 Å². The van der Waals surface area contributed by atoms with Gasteiger partial charge < -0.3 is 10.5 Å². The minimum absolute atomic E-state index is 0.201. The monoisotopic (exact) mass is 339 g/mol. The van der Waals surface area contributed by atoms with Crippen LogP contribution in [0.15, 0.2) is 46.9 Å². The van der Waals surface area contributed by atoms with Crippen LogP contribution in [-0.2, 0) is 6.61 Å². The lowest BCUT2D eigenvalue weighted by atomic mass is 10.1. The molecule has 2 aromatic rings. The number of para-hydroxylation sites is 1. The Kier molecular flexibility index (Phi) is 4.50. The molecule has 2 rings (SSSR count). The fourth-order valence-corrected chi connectivity index (χ4v) is 2.24. The number of rotatable bonds is 4. The molecule has 0 saturated carbocycles. The maximum Gasteiger partial charge on any atom is 0.133 e. The van der Waals surface area contributed by atoms with E-state index in [4.69, 9.17) is 22.7 Å². The highest BCUT2D eigenvalue weighted by Crippen LogP contribution is 2.25. The molecule has 0 aliphatic carbocycles. The molecule has 0 radical (unpaired) electrons. The highest BCUT2D eigenvalue weighted by molar-refractivity contribution is 9.10. The van der Waals surface area contributed by atoms with Gasteiger partial charge in [-0.05, 0) is 46.3 Å². The molecule has 0 heterocycles. The molecule has 0 bridgehead atoms. The molecule has 2 N–H and O–H groups in total. The van der Waals surface area contributed by atoms with Crippen LogP contribution in [0.2, 0.25) is 0 Å². The molecule has 0 amide bonds. The quantitative estimate of drug-likeness (QED) is 0.860. The first kappa shape index (κ1) is 14.0. The van der Waals surface area contributed by atoms with Gasteiger partial charge in [-0.25, -0.2) is 4.39 Å². The summed E-state index contributed by atoms with van der Waals surface area (Å²) in [6, 6.07) is 11.7. The molecule has 0 atom stereocenters. The van der Waals surface area contributed by atoms with Crippen molar-refractivity contribution >= 4 is 33.1 Å². The molecule has 0 spiro atoms. The van der Waals surface area contributed by atoms with E-state index in [9.17, 15) is 4.39 Å². The van der Waals surface area contributed by atoms with Crippen LogP contribution in [0.4, 0.5) is 4.39 Å². The first-order valence-corrected chi connectivity index (χ1v) is 6.73. The van der Waals surface area contributed by atoms with Crippen molar-refractivity contribution < 1.29 is 9.13 Å². The largest absolute Gasteiger partial charge is 0.488 e. The number of nitrogens with two attached hydrogens (primary N) is 1. The molecule has 5 heteroatoms. The van der Waals surface area contributed by atoms with Crippen LogP contribution in [0.1, 0.15) is 11.1 Å². The van der Waals surface area contributed by atoms with Gasteiger partial charge in [-0.2, -0.15) is 0 Å². The predicted octanol–water partition coefficient (Wildman–Crippen LogP) is 3.80. The molecule has 0 fully saturated rings. The number of benzene rings is 2. The van der Waals surface area contributed by atoms with E-state index in [1.54, 1.807) is 6.07 Å². The third kappa shape index (κ3) is 3.52. The Morgan fingerprint density at radius 3 is 2.68 bits per heavy atom. The second-order valence-electron chi connectivity index (χ2n) is 3.88. The Hall–Kier alpha value is -1.46. The fraction of sp³-hybridized carbons (Fsp3) is 0.0714. The molecule has 0 aromatic heterocycles. The van der Waals surface area contributed by atoms with Crippen LogP contribution in [0.25, 0.3) is 0 Å². The molecule has 0 unspecified atom stereocenters. The Morgan fingerprint density at radius 2 is 2.00 bits per heavy atom.